The van der Waals surface area contributed by atoms with E-state index in [4.69, 9.17) is 37.9 Å². The molecular formula is C37H42N2O16. The molecular weight excluding hydrogens is 728 g/mol. The molecule has 0 aliphatic rings. The van der Waals surface area contributed by atoms with Crippen molar-refractivity contribution in [2.45, 2.75) is 6.92 Å². The molecule has 1 aromatic rings. The molecule has 2 N–H and O–H groups in total. The van der Waals surface area contributed by atoms with Crippen molar-refractivity contribution in [2.75, 3.05) is 63.5 Å². The summed E-state index contributed by atoms with van der Waals surface area (Å²) in [5, 5.41) is 4.97. The lowest BCUT2D eigenvalue weighted by Gasteiger charge is -2.31. The number of hydrogen-bond donors (Lipinski definition) is 2. The SMILES string of the molecule is C=CC(=O)OCC(COC(=O)C=C)(COC(=O)C=C)COC(=O)Nc1cccc(NC(=O)OCC(COC(=O)C=C)(COC(=O)C=C)COC(=O)C=C)c1C. The molecule has 0 heterocycles. The van der Waals surface area contributed by atoms with Gasteiger partial charge in [0.15, 0.2) is 0 Å². The first-order valence-corrected chi connectivity index (χ1v) is 15.8. The fraction of sp³-hybridized carbons (Fsp3) is 0.297. The molecule has 0 aliphatic carbocycles. The molecule has 0 fully saturated rings. The zero-order valence-corrected chi connectivity index (χ0v) is 30.1. The van der Waals surface area contributed by atoms with E-state index in [1.54, 1.807) is 0 Å². The van der Waals surface area contributed by atoms with Crippen LogP contribution in [-0.4, -0.2) is 101 Å². The van der Waals surface area contributed by atoms with E-state index in [1.807, 2.05) is 0 Å². The van der Waals surface area contributed by atoms with Crippen LogP contribution in [0, 0.1) is 17.8 Å². The Bertz CT molecular complexity index is 1430. The van der Waals surface area contributed by atoms with Crippen LogP contribution in [0.5, 0.6) is 0 Å². The standard InChI is InChI=1S/C37H42N2O16/c1-8-28(40)48-17-36(18-49-29(41)9-2,19-50-30(42)10-3)23-54-34(46)38-26-15-14-16-27(25(26)7)39-35(47)55-24-37(20-51-31(43)11-4,21-52-32(44)12-5)22-53-33(45)13-6/h8-16H,1-6,17-24H2,7H3,(H,38,46)(H,39,47). The molecule has 0 aromatic heterocycles. The van der Waals surface area contributed by atoms with Gasteiger partial charge in [-0.05, 0) is 24.6 Å². The summed E-state index contributed by atoms with van der Waals surface area (Å²) in [6.45, 7) is 16.8. The van der Waals surface area contributed by atoms with Gasteiger partial charge in [0.1, 0.15) is 63.7 Å². The quantitative estimate of drug-likeness (QED) is 0.0870. The molecule has 1 aromatic carbocycles. The summed E-state index contributed by atoms with van der Waals surface area (Å²) < 4.78 is 41.4. The summed E-state index contributed by atoms with van der Waals surface area (Å²) in [5.41, 5.74) is -2.61. The number of benzene rings is 1. The zero-order chi connectivity index (χ0) is 41.4. The fourth-order valence-electron chi connectivity index (χ4n) is 3.83. The smallest absolute Gasteiger partial charge is 0.411 e. The van der Waals surface area contributed by atoms with Gasteiger partial charge in [0.25, 0.3) is 0 Å². The third kappa shape index (κ3) is 16.9. The van der Waals surface area contributed by atoms with Crippen molar-refractivity contribution in [3.8, 4) is 0 Å². The van der Waals surface area contributed by atoms with Gasteiger partial charge in [-0.15, -0.1) is 0 Å². The van der Waals surface area contributed by atoms with Crippen LogP contribution in [0.4, 0.5) is 21.0 Å². The van der Waals surface area contributed by atoms with E-state index in [1.165, 1.54) is 25.1 Å². The molecule has 0 saturated carbocycles. The highest BCUT2D eigenvalue weighted by molar-refractivity contribution is 5.91. The maximum absolute atomic E-state index is 13.0. The van der Waals surface area contributed by atoms with E-state index in [-0.39, 0.29) is 11.4 Å². The second-order valence-corrected chi connectivity index (χ2v) is 11.3. The Balaban J connectivity index is 3.21. The number of carbonyl (C=O) groups is 8. The lowest BCUT2D eigenvalue weighted by atomic mass is 9.92. The van der Waals surface area contributed by atoms with Crippen LogP contribution in [0.3, 0.4) is 0 Å². The second kappa shape index (κ2) is 23.6. The van der Waals surface area contributed by atoms with Crippen molar-refractivity contribution in [1.82, 2.24) is 0 Å². The van der Waals surface area contributed by atoms with Crippen LogP contribution in [-0.2, 0) is 66.7 Å². The molecule has 2 amide bonds. The summed E-state index contributed by atoms with van der Waals surface area (Å²) >= 11 is 0. The highest BCUT2D eigenvalue weighted by Crippen LogP contribution is 2.26. The van der Waals surface area contributed by atoms with Gasteiger partial charge in [-0.1, -0.05) is 45.5 Å². The van der Waals surface area contributed by atoms with Crippen molar-refractivity contribution < 1.29 is 76.3 Å². The first kappa shape index (κ1) is 46.0. The predicted octanol–water partition coefficient (Wildman–Crippen LogP) is 3.44. The molecule has 1 rings (SSSR count). The molecule has 296 valence electrons. The molecule has 55 heavy (non-hydrogen) atoms. The number of rotatable bonds is 24. The number of hydrogen-bond acceptors (Lipinski definition) is 16. The van der Waals surface area contributed by atoms with E-state index in [9.17, 15) is 38.4 Å². The van der Waals surface area contributed by atoms with E-state index >= 15 is 0 Å². The minimum atomic E-state index is -1.59. The Morgan fingerprint density at radius 1 is 0.455 bits per heavy atom. The number of esters is 6. The summed E-state index contributed by atoms with van der Waals surface area (Å²) in [5.74, 6) is -5.21. The number of carbonyl (C=O) groups excluding carboxylic acids is 8. The van der Waals surface area contributed by atoms with Gasteiger partial charge >= 0.3 is 48.0 Å². The average molecular weight is 771 g/mol. The van der Waals surface area contributed by atoms with Gasteiger partial charge in [0.05, 0.1) is 0 Å². The van der Waals surface area contributed by atoms with E-state index < -0.39 is 112 Å². The maximum atomic E-state index is 13.0. The van der Waals surface area contributed by atoms with E-state index in [0.717, 1.165) is 36.5 Å². The van der Waals surface area contributed by atoms with E-state index in [2.05, 4.69) is 50.1 Å². The Labute approximate surface area is 316 Å². The summed E-state index contributed by atoms with van der Waals surface area (Å²) in [4.78, 5) is 97.1. The lowest BCUT2D eigenvalue weighted by Crippen LogP contribution is -2.44. The van der Waals surface area contributed by atoms with Gasteiger partial charge < -0.3 is 37.9 Å². The molecule has 0 atom stereocenters. The third-order valence-corrected chi connectivity index (χ3v) is 6.95. The molecule has 0 bridgehead atoms. The van der Waals surface area contributed by atoms with Gasteiger partial charge in [0.2, 0.25) is 0 Å². The predicted molar refractivity (Wildman–Crippen MR) is 193 cm³/mol. The van der Waals surface area contributed by atoms with Crippen molar-refractivity contribution in [1.29, 1.82) is 0 Å². The average Bonchev–Trinajstić information content (AvgIpc) is 3.19. The molecule has 0 unspecified atom stereocenters. The van der Waals surface area contributed by atoms with Crippen molar-refractivity contribution >= 4 is 59.4 Å². The van der Waals surface area contributed by atoms with Crippen LogP contribution in [0.1, 0.15) is 5.56 Å². The minimum Gasteiger partial charge on any atom is -0.462 e. The zero-order valence-electron chi connectivity index (χ0n) is 30.1. The Kier molecular flexibility index (Phi) is 19.7. The summed E-state index contributed by atoms with van der Waals surface area (Å²) in [6, 6.07) is 4.39. The van der Waals surface area contributed by atoms with Crippen LogP contribution in [0.25, 0.3) is 0 Å². The van der Waals surface area contributed by atoms with Crippen LogP contribution >= 0.6 is 0 Å². The van der Waals surface area contributed by atoms with Crippen molar-refractivity contribution in [3.05, 3.63) is 99.7 Å². The molecule has 0 aliphatic heterocycles. The van der Waals surface area contributed by atoms with Gasteiger partial charge in [0, 0.05) is 47.8 Å². The lowest BCUT2D eigenvalue weighted by molar-refractivity contribution is -0.161. The Hall–Kier alpha value is -6.98. The molecule has 18 nitrogen and oxygen atoms in total. The number of amides is 2. The molecule has 0 saturated heterocycles. The highest BCUT2D eigenvalue weighted by Gasteiger charge is 2.39. The number of anilines is 2. The first-order chi connectivity index (χ1) is 26.1. The molecule has 18 heteroatoms. The maximum Gasteiger partial charge on any atom is 0.411 e. The van der Waals surface area contributed by atoms with Gasteiger partial charge in [-0.25, -0.2) is 38.4 Å². The number of ether oxygens (including phenoxy) is 8. The normalized spacial score (nSPS) is 10.4. The van der Waals surface area contributed by atoms with Gasteiger partial charge in [-0.3, -0.25) is 10.6 Å². The fourth-order valence-corrected chi connectivity index (χ4v) is 3.83. The third-order valence-electron chi connectivity index (χ3n) is 6.95. The van der Waals surface area contributed by atoms with Gasteiger partial charge in [-0.2, -0.15) is 0 Å². The minimum absolute atomic E-state index is 0.140. The largest absolute Gasteiger partial charge is 0.462 e. The number of nitrogens with one attached hydrogen (secondary N) is 2. The summed E-state index contributed by atoms with van der Waals surface area (Å²) in [7, 11) is 0. The monoisotopic (exact) mass is 770 g/mol. The topological polar surface area (TPSA) is 234 Å². The van der Waals surface area contributed by atoms with Crippen LogP contribution in [0.15, 0.2) is 94.1 Å². The Morgan fingerprint density at radius 3 is 0.891 bits per heavy atom. The van der Waals surface area contributed by atoms with Crippen LogP contribution in [0.2, 0.25) is 0 Å². The first-order valence-electron chi connectivity index (χ1n) is 15.8. The Morgan fingerprint density at radius 2 is 0.673 bits per heavy atom. The van der Waals surface area contributed by atoms with Crippen LogP contribution < -0.4 is 10.6 Å². The van der Waals surface area contributed by atoms with E-state index in [0.29, 0.717) is 5.56 Å². The van der Waals surface area contributed by atoms with Crippen molar-refractivity contribution in [3.63, 3.8) is 0 Å². The highest BCUT2D eigenvalue weighted by atomic mass is 16.6. The molecule has 0 spiro atoms. The second-order valence-electron chi connectivity index (χ2n) is 11.3. The van der Waals surface area contributed by atoms with Crippen molar-refractivity contribution in [2.24, 2.45) is 10.8 Å². The summed E-state index contributed by atoms with van der Waals surface area (Å²) in [6.07, 6.45) is 3.06. The molecule has 0 radical (unpaired) electrons.